The monoisotopic (exact) mass is 345 g/mol. The van der Waals surface area contributed by atoms with Crippen molar-refractivity contribution in [3.63, 3.8) is 0 Å². The lowest BCUT2D eigenvalue weighted by Gasteiger charge is -2.08. The van der Waals surface area contributed by atoms with Gasteiger partial charge < -0.3 is 9.47 Å². The molecule has 0 fully saturated rings. The normalized spacial score (nSPS) is 11.5. The Morgan fingerprint density at radius 1 is 0.962 bits per heavy atom. The number of allylic oxidation sites excluding steroid dienone is 2. The zero-order valence-corrected chi connectivity index (χ0v) is 14.7. The van der Waals surface area contributed by atoms with E-state index in [1.165, 1.54) is 20.5 Å². The summed E-state index contributed by atoms with van der Waals surface area (Å²) in [7, 11) is 2.82. The van der Waals surface area contributed by atoms with E-state index in [0.717, 1.165) is 11.1 Å². The van der Waals surface area contributed by atoms with Gasteiger partial charge in [0.15, 0.2) is 0 Å². The van der Waals surface area contributed by atoms with E-state index in [-0.39, 0.29) is 0 Å². The molecule has 0 aliphatic carbocycles. The molecule has 130 valence electrons. The number of carbonyl (C=O) groups excluding carboxylic acids is 1. The lowest BCUT2D eigenvalue weighted by atomic mass is 10.00. The van der Waals surface area contributed by atoms with Crippen LogP contribution >= 0.6 is 0 Å². The minimum atomic E-state index is -0.466. The van der Waals surface area contributed by atoms with E-state index in [0.29, 0.717) is 16.7 Å². The van der Waals surface area contributed by atoms with Gasteiger partial charge in [-0.3, -0.25) is 0 Å². The van der Waals surface area contributed by atoms with E-state index < -0.39 is 5.97 Å². The molecule has 2 aromatic carbocycles. The predicted octanol–water partition coefficient (Wildman–Crippen LogP) is 4.45. The van der Waals surface area contributed by atoms with Crippen molar-refractivity contribution in [3.05, 3.63) is 89.2 Å². The molecule has 0 bridgehead atoms. The fourth-order valence-electron chi connectivity index (χ4n) is 2.40. The van der Waals surface area contributed by atoms with E-state index in [4.69, 9.17) is 14.7 Å². The van der Waals surface area contributed by atoms with Gasteiger partial charge in [-0.2, -0.15) is 5.26 Å². The second-order valence-corrected chi connectivity index (χ2v) is 5.26. The molecule has 0 saturated carbocycles. The van der Waals surface area contributed by atoms with E-state index in [9.17, 15) is 4.79 Å². The second kappa shape index (κ2) is 9.65. The topological polar surface area (TPSA) is 59.3 Å². The third-order valence-electron chi connectivity index (χ3n) is 3.64. The summed E-state index contributed by atoms with van der Waals surface area (Å²) in [6.07, 6.45) is 8.83. The Bertz CT molecular complexity index is 902. The van der Waals surface area contributed by atoms with Crippen molar-refractivity contribution in [2.45, 2.75) is 0 Å². The van der Waals surface area contributed by atoms with Crippen LogP contribution in [-0.2, 0) is 14.3 Å². The largest absolute Gasteiger partial charge is 0.503 e. The Balaban J connectivity index is 2.29. The van der Waals surface area contributed by atoms with Gasteiger partial charge in [-0.25, -0.2) is 4.79 Å². The Labute approximate surface area is 153 Å². The van der Waals surface area contributed by atoms with Crippen LogP contribution in [0, 0.1) is 11.3 Å². The van der Waals surface area contributed by atoms with Gasteiger partial charge in [0.2, 0.25) is 0 Å². The van der Waals surface area contributed by atoms with E-state index >= 15 is 0 Å². The van der Waals surface area contributed by atoms with Crippen molar-refractivity contribution in [2.75, 3.05) is 14.2 Å². The Hall–Kier alpha value is -3.58. The molecule has 0 heterocycles. The molecule has 0 N–H and O–H groups in total. The summed E-state index contributed by atoms with van der Waals surface area (Å²) in [4.78, 5) is 12.0. The third-order valence-corrected chi connectivity index (χ3v) is 3.64. The van der Waals surface area contributed by atoms with Crippen LogP contribution in [0.4, 0.5) is 0 Å². The molecular formula is C22H19NO3. The molecule has 0 aromatic heterocycles. The number of nitriles is 1. The molecule has 0 unspecified atom stereocenters. The highest BCUT2D eigenvalue weighted by Crippen LogP contribution is 2.22. The molecule has 0 saturated heterocycles. The molecule has 0 radical (unpaired) electrons. The Morgan fingerprint density at radius 3 is 2.23 bits per heavy atom. The van der Waals surface area contributed by atoms with Gasteiger partial charge in [-0.1, -0.05) is 66.8 Å². The molecular weight excluding hydrogens is 326 g/mol. The Morgan fingerprint density at radius 2 is 1.58 bits per heavy atom. The minimum absolute atomic E-state index is 0.342. The zero-order chi connectivity index (χ0) is 18.8. The molecule has 4 nitrogen and oxygen atoms in total. The van der Waals surface area contributed by atoms with Gasteiger partial charge in [0.1, 0.15) is 5.57 Å². The second-order valence-electron chi connectivity index (χ2n) is 5.26. The van der Waals surface area contributed by atoms with Crippen molar-refractivity contribution < 1.29 is 14.3 Å². The highest BCUT2D eigenvalue weighted by Gasteiger charge is 2.15. The smallest absolute Gasteiger partial charge is 0.341 e. The number of hydrogen-bond donors (Lipinski definition) is 0. The third kappa shape index (κ3) is 4.71. The standard InChI is InChI=1S/C22H19NO3/c1-25-16-21(22(24)26-2)20-14-8-7-12-18(20)11-5-3-9-17-10-4-6-13-19(17)15-23/h3-14,16H,1-2H3/b9-3+,11-5+,21-16+. The quantitative estimate of drug-likeness (QED) is 0.336. The summed E-state index contributed by atoms with van der Waals surface area (Å²) in [5.74, 6) is -0.466. The van der Waals surface area contributed by atoms with Crippen LogP contribution < -0.4 is 0 Å². The number of benzene rings is 2. The van der Waals surface area contributed by atoms with Crippen LogP contribution in [0.25, 0.3) is 17.7 Å². The summed E-state index contributed by atoms with van der Waals surface area (Å²) in [6.45, 7) is 0. The SMILES string of the molecule is CO/C=C(/C(=O)OC)c1ccccc1/C=C/C=C/c1ccccc1C#N. The van der Waals surface area contributed by atoms with E-state index in [1.54, 1.807) is 6.07 Å². The highest BCUT2D eigenvalue weighted by molar-refractivity contribution is 6.17. The van der Waals surface area contributed by atoms with Crippen LogP contribution in [0.5, 0.6) is 0 Å². The van der Waals surface area contributed by atoms with Gasteiger partial charge in [0.25, 0.3) is 0 Å². The molecule has 26 heavy (non-hydrogen) atoms. The Kier molecular flexibility index (Phi) is 6.96. The van der Waals surface area contributed by atoms with E-state index in [1.807, 2.05) is 66.8 Å². The number of hydrogen-bond acceptors (Lipinski definition) is 4. The van der Waals surface area contributed by atoms with Crippen LogP contribution in [0.3, 0.4) is 0 Å². The molecule has 4 heteroatoms. The first-order valence-corrected chi connectivity index (χ1v) is 7.95. The summed E-state index contributed by atoms with van der Waals surface area (Å²) >= 11 is 0. The van der Waals surface area contributed by atoms with Crippen LogP contribution in [0.1, 0.15) is 22.3 Å². The highest BCUT2D eigenvalue weighted by atomic mass is 16.5. The minimum Gasteiger partial charge on any atom is -0.503 e. The fraction of sp³-hybridized carbons (Fsp3) is 0.0909. The number of rotatable bonds is 6. The van der Waals surface area contributed by atoms with Crippen molar-refractivity contribution in [1.82, 2.24) is 0 Å². The number of carbonyl (C=O) groups is 1. The number of esters is 1. The van der Waals surface area contributed by atoms with Gasteiger partial charge in [-0.15, -0.1) is 0 Å². The van der Waals surface area contributed by atoms with Crippen molar-refractivity contribution in [2.24, 2.45) is 0 Å². The first-order chi connectivity index (χ1) is 12.7. The predicted molar refractivity (Wildman–Crippen MR) is 103 cm³/mol. The molecule has 0 aliphatic rings. The summed E-state index contributed by atoms with van der Waals surface area (Å²) in [6, 6.07) is 17.0. The first-order valence-electron chi connectivity index (χ1n) is 7.95. The number of methoxy groups -OCH3 is 2. The average Bonchev–Trinajstić information content (AvgIpc) is 2.69. The lowest BCUT2D eigenvalue weighted by molar-refractivity contribution is -0.133. The molecule has 2 rings (SSSR count). The van der Waals surface area contributed by atoms with Gasteiger partial charge >= 0.3 is 5.97 Å². The number of nitrogens with zero attached hydrogens (tertiary/aromatic N) is 1. The average molecular weight is 345 g/mol. The van der Waals surface area contributed by atoms with Crippen molar-refractivity contribution in [1.29, 1.82) is 5.26 Å². The zero-order valence-electron chi connectivity index (χ0n) is 14.7. The van der Waals surface area contributed by atoms with Crippen LogP contribution in [0.2, 0.25) is 0 Å². The first kappa shape index (κ1) is 18.8. The fourth-order valence-corrected chi connectivity index (χ4v) is 2.40. The van der Waals surface area contributed by atoms with Gasteiger partial charge in [0.05, 0.1) is 32.1 Å². The maximum atomic E-state index is 12.0. The summed E-state index contributed by atoms with van der Waals surface area (Å²) in [5, 5.41) is 9.11. The van der Waals surface area contributed by atoms with Crippen molar-refractivity contribution in [3.8, 4) is 6.07 Å². The molecule has 0 aliphatic heterocycles. The van der Waals surface area contributed by atoms with Crippen LogP contribution in [0.15, 0.2) is 66.9 Å². The molecule has 0 atom stereocenters. The van der Waals surface area contributed by atoms with Crippen molar-refractivity contribution >= 4 is 23.7 Å². The molecule has 2 aromatic rings. The maximum Gasteiger partial charge on any atom is 0.341 e. The summed E-state index contributed by atoms with van der Waals surface area (Å²) in [5.41, 5.74) is 3.37. The van der Waals surface area contributed by atoms with E-state index in [2.05, 4.69) is 6.07 Å². The maximum absolute atomic E-state index is 12.0. The number of ether oxygens (including phenoxy) is 2. The molecule has 0 spiro atoms. The van der Waals surface area contributed by atoms with Gasteiger partial charge in [-0.05, 0) is 22.8 Å². The van der Waals surface area contributed by atoms with Crippen LogP contribution in [-0.4, -0.2) is 20.2 Å². The molecule has 0 amide bonds. The van der Waals surface area contributed by atoms with Gasteiger partial charge in [0, 0.05) is 0 Å². The lowest BCUT2D eigenvalue weighted by Crippen LogP contribution is -2.05. The summed E-state index contributed by atoms with van der Waals surface area (Å²) < 4.78 is 9.84.